The summed E-state index contributed by atoms with van der Waals surface area (Å²) in [7, 11) is 1.69. The minimum atomic E-state index is 0.284. The summed E-state index contributed by atoms with van der Waals surface area (Å²) in [6.07, 6.45) is 0. The first-order valence-corrected chi connectivity index (χ1v) is 7.93. The van der Waals surface area contributed by atoms with Crippen LogP contribution in [0.3, 0.4) is 0 Å². The predicted molar refractivity (Wildman–Crippen MR) is 90.0 cm³/mol. The van der Waals surface area contributed by atoms with Gasteiger partial charge in [-0.25, -0.2) is 0 Å². The van der Waals surface area contributed by atoms with E-state index < -0.39 is 0 Å². The molecule has 4 nitrogen and oxygen atoms in total. The van der Waals surface area contributed by atoms with Crippen LogP contribution in [0.2, 0.25) is 0 Å². The van der Waals surface area contributed by atoms with Crippen LogP contribution in [0, 0.1) is 5.92 Å². The molecule has 0 radical (unpaired) electrons. The topological polar surface area (TPSA) is 39.7 Å². The summed E-state index contributed by atoms with van der Waals surface area (Å²) in [6, 6.07) is 14.6. The minimum Gasteiger partial charge on any atom is -0.497 e. The molecular formula is C19H23NO3. The first-order chi connectivity index (χ1) is 11.2. The monoisotopic (exact) mass is 313 g/mol. The molecule has 1 N–H and O–H groups in total. The standard InChI is InChI=1S/C19H23NO3/c1-13(2)19(15-5-7-16(21-3)8-6-15)20-11-14-4-9-17-18(10-14)23-12-22-17/h4-10,13,19-20H,11-12H2,1-3H3/t19-/m1/s1. The molecule has 2 aromatic rings. The molecule has 0 aliphatic carbocycles. The van der Waals surface area contributed by atoms with E-state index in [1.807, 2.05) is 24.3 Å². The van der Waals surface area contributed by atoms with E-state index in [9.17, 15) is 0 Å². The zero-order valence-electron chi connectivity index (χ0n) is 13.8. The van der Waals surface area contributed by atoms with Crippen molar-refractivity contribution in [1.82, 2.24) is 5.32 Å². The van der Waals surface area contributed by atoms with Gasteiger partial charge < -0.3 is 19.5 Å². The lowest BCUT2D eigenvalue weighted by Gasteiger charge is -2.23. The molecule has 3 rings (SSSR count). The molecular weight excluding hydrogens is 290 g/mol. The third kappa shape index (κ3) is 3.59. The van der Waals surface area contributed by atoms with Gasteiger partial charge in [-0.15, -0.1) is 0 Å². The van der Waals surface area contributed by atoms with Crippen molar-refractivity contribution in [3.63, 3.8) is 0 Å². The van der Waals surface area contributed by atoms with E-state index in [0.29, 0.717) is 12.7 Å². The van der Waals surface area contributed by atoms with Gasteiger partial charge in [0.2, 0.25) is 6.79 Å². The Labute approximate surface area is 137 Å². The summed E-state index contributed by atoms with van der Waals surface area (Å²) >= 11 is 0. The van der Waals surface area contributed by atoms with Crippen LogP contribution in [0.1, 0.15) is 31.0 Å². The van der Waals surface area contributed by atoms with E-state index >= 15 is 0 Å². The third-order valence-corrected chi connectivity index (χ3v) is 4.10. The maximum Gasteiger partial charge on any atom is 0.231 e. The predicted octanol–water partition coefficient (Wildman–Crippen LogP) is 3.91. The van der Waals surface area contributed by atoms with Gasteiger partial charge in [-0.2, -0.15) is 0 Å². The van der Waals surface area contributed by atoms with Crippen molar-refractivity contribution in [2.24, 2.45) is 5.92 Å². The molecule has 0 fully saturated rings. The Hall–Kier alpha value is -2.20. The molecule has 0 unspecified atom stereocenters. The lowest BCUT2D eigenvalue weighted by Crippen LogP contribution is -2.25. The van der Waals surface area contributed by atoms with Crippen molar-refractivity contribution in [1.29, 1.82) is 0 Å². The highest BCUT2D eigenvalue weighted by atomic mass is 16.7. The van der Waals surface area contributed by atoms with E-state index in [1.165, 1.54) is 11.1 Å². The zero-order chi connectivity index (χ0) is 16.2. The van der Waals surface area contributed by atoms with Gasteiger partial charge in [-0.05, 0) is 41.3 Å². The van der Waals surface area contributed by atoms with Crippen molar-refractivity contribution in [2.75, 3.05) is 13.9 Å². The average molecular weight is 313 g/mol. The largest absolute Gasteiger partial charge is 0.497 e. The minimum absolute atomic E-state index is 0.284. The second kappa shape index (κ2) is 6.92. The molecule has 0 saturated carbocycles. The molecule has 1 heterocycles. The van der Waals surface area contributed by atoms with E-state index in [4.69, 9.17) is 14.2 Å². The number of fused-ring (bicyclic) bond motifs is 1. The number of hydrogen-bond donors (Lipinski definition) is 1. The zero-order valence-corrected chi connectivity index (χ0v) is 13.8. The average Bonchev–Trinajstić information content (AvgIpc) is 3.03. The van der Waals surface area contributed by atoms with Gasteiger partial charge in [0.05, 0.1) is 7.11 Å². The van der Waals surface area contributed by atoms with Crippen LogP contribution < -0.4 is 19.5 Å². The second-order valence-electron chi connectivity index (χ2n) is 6.06. The Bertz CT molecular complexity index is 652. The number of ether oxygens (including phenoxy) is 3. The summed E-state index contributed by atoms with van der Waals surface area (Å²) in [5, 5.41) is 3.64. The highest BCUT2D eigenvalue weighted by Crippen LogP contribution is 2.33. The van der Waals surface area contributed by atoms with E-state index in [1.54, 1.807) is 7.11 Å². The first kappa shape index (κ1) is 15.7. The molecule has 0 bridgehead atoms. The number of methoxy groups -OCH3 is 1. The SMILES string of the molecule is COc1ccc([C@H](NCc2ccc3c(c2)OCO3)C(C)C)cc1. The molecule has 0 amide bonds. The van der Waals surface area contributed by atoms with Crippen molar-refractivity contribution in [3.8, 4) is 17.2 Å². The number of benzene rings is 2. The molecule has 1 atom stereocenters. The summed E-state index contributed by atoms with van der Waals surface area (Å²) in [4.78, 5) is 0. The summed E-state index contributed by atoms with van der Waals surface area (Å²) in [6.45, 7) is 5.54. The Morgan fingerprint density at radius 2 is 1.78 bits per heavy atom. The molecule has 0 saturated heterocycles. The smallest absolute Gasteiger partial charge is 0.231 e. The summed E-state index contributed by atoms with van der Waals surface area (Å²) < 4.78 is 16.0. The molecule has 4 heteroatoms. The Morgan fingerprint density at radius 1 is 1.04 bits per heavy atom. The van der Waals surface area contributed by atoms with Gasteiger partial charge in [0.1, 0.15) is 5.75 Å². The summed E-state index contributed by atoms with van der Waals surface area (Å²) in [5.74, 6) is 3.02. The van der Waals surface area contributed by atoms with Crippen LogP contribution in [0.15, 0.2) is 42.5 Å². The maximum absolute atomic E-state index is 5.44. The van der Waals surface area contributed by atoms with Crippen LogP contribution in [-0.4, -0.2) is 13.9 Å². The molecule has 1 aliphatic heterocycles. The molecule has 122 valence electrons. The lowest BCUT2D eigenvalue weighted by molar-refractivity contribution is 0.174. The van der Waals surface area contributed by atoms with Gasteiger partial charge in [0, 0.05) is 12.6 Å². The quantitative estimate of drug-likeness (QED) is 0.877. The number of rotatable bonds is 6. The highest BCUT2D eigenvalue weighted by Gasteiger charge is 2.17. The van der Waals surface area contributed by atoms with Crippen LogP contribution >= 0.6 is 0 Å². The molecule has 1 aliphatic rings. The van der Waals surface area contributed by atoms with E-state index in [-0.39, 0.29) is 6.04 Å². The number of nitrogens with one attached hydrogen (secondary N) is 1. The fourth-order valence-electron chi connectivity index (χ4n) is 2.83. The summed E-state index contributed by atoms with van der Waals surface area (Å²) in [5.41, 5.74) is 2.45. The molecule has 0 spiro atoms. The van der Waals surface area contributed by atoms with Crippen LogP contribution in [0.5, 0.6) is 17.2 Å². The normalized spacial score (nSPS) is 14.1. The van der Waals surface area contributed by atoms with Crippen molar-refractivity contribution in [3.05, 3.63) is 53.6 Å². The van der Waals surface area contributed by atoms with Gasteiger partial charge in [0.15, 0.2) is 11.5 Å². The van der Waals surface area contributed by atoms with Gasteiger partial charge in [-0.1, -0.05) is 32.0 Å². The molecule has 2 aromatic carbocycles. The van der Waals surface area contributed by atoms with Gasteiger partial charge >= 0.3 is 0 Å². The van der Waals surface area contributed by atoms with Crippen LogP contribution in [0.4, 0.5) is 0 Å². The lowest BCUT2D eigenvalue weighted by atomic mass is 9.95. The first-order valence-electron chi connectivity index (χ1n) is 7.93. The molecule has 23 heavy (non-hydrogen) atoms. The fraction of sp³-hybridized carbons (Fsp3) is 0.368. The fourth-order valence-corrected chi connectivity index (χ4v) is 2.83. The van der Waals surface area contributed by atoms with E-state index in [2.05, 4.69) is 37.4 Å². The van der Waals surface area contributed by atoms with Gasteiger partial charge in [0.25, 0.3) is 0 Å². The molecule has 0 aromatic heterocycles. The number of hydrogen-bond acceptors (Lipinski definition) is 4. The second-order valence-corrected chi connectivity index (χ2v) is 6.06. The van der Waals surface area contributed by atoms with Crippen LogP contribution in [-0.2, 0) is 6.54 Å². The Balaban J connectivity index is 1.69. The third-order valence-electron chi connectivity index (χ3n) is 4.10. The Kier molecular flexibility index (Phi) is 4.72. The van der Waals surface area contributed by atoms with Crippen molar-refractivity contribution in [2.45, 2.75) is 26.4 Å². The highest BCUT2D eigenvalue weighted by molar-refractivity contribution is 5.44. The van der Waals surface area contributed by atoms with Crippen molar-refractivity contribution >= 4 is 0 Å². The Morgan fingerprint density at radius 3 is 2.48 bits per heavy atom. The van der Waals surface area contributed by atoms with E-state index in [0.717, 1.165) is 23.8 Å². The van der Waals surface area contributed by atoms with Crippen molar-refractivity contribution < 1.29 is 14.2 Å². The maximum atomic E-state index is 5.44. The van der Waals surface area contributed by atoms with Gasteiger partial charge in [-0.3, -0.25) is 0 Å². The van der Waals surface area contributed by atoms with Crippen LogP contribution in [0.25, 0.3) is 0 Å².